The first kappa shape index (κ1) is 17.9. The molecular weight excluding hydrogens is 364 g/mol. The number of nitrogens with one attached hydrogen (secondary N) is 1. The maximum Gasteiger partial charge on any atom is 0.226 e. The zero-order valence-electron chi connectivity index (χ0n) is 14.8. The average molecular weight is 393 g/mol. The highest BCUT2D eigenvalue weighted by atomic mass is 79.9. The van der Waals surface area contributed by atoms with Gasteiger partial charge >= 0.3 is 0 Å². The number of amides is 1. The zero-order chi connectivity index (χ0) is 17.1. The van der Waals surface area contributed by atoms with E-state index in [0.29, 0.717) is 23.9 Å². The number of hydrogen-bond acceptors (Lipinski definition) is 2. The molecule has 3 rings (SSSR count). The van der Waals surface area contributed by atoms with Gasteiger partial charge in [-0.2, -0.15) is 0 Å². The second-order valence-corrected chi connectivity index (χ2v) is 8.79. The summed E-state index contributed by atoms with van der Waals surface area (Å²) in [6, 6.07) is 9.52. The average Bonchev–Trinajstić information content (AvgIpc) is 2.85. The molecule has 2 fully saturated rings. The fourth-order valence-corrected chi connectivity index (χ4v) is 4.64. The van der Waals surface area contributed by atoms with E-state index in [4.69, 9.17) is 0 Å². The molecular formula is C20H29BrN2O. The third-order valence-electron chi connectivity index (χ3n) is 5.31. The molecule has 4 heteroatoms. The summed E-state index contributed by atoms with van der Waals surface area (Å²) in [5, 5.41) is 3.67. The van der Waals surface area contributed by atoms with Crippen LogP contribution < -0.4 is 5.32 Å². The van der Waals surface area contributed by atoms with Crippen LogP contribution in [0.4, 0.5) is 0 Å². The Morgan fingerprint density at radius 2 is 2.08 bits per heavy atom. The molecule has 1 N–H and O–H groups in total. The normalized spacial score (nSPS) is 24.9. The second-order valence-electron chi connectivity index (χ2n) is 7.87. The molecule has 24 heavy (non-hydrogen) atoms. The minimum absolute atomic E-state index is 0.0935. The Balaban J connectivity index is 1.71. The highest BCUT2D eigenvalue weighted by Crippen LogP contribution is 2.25. The van der Waals surface area contributed by atoms with E-state index in [9.17, 15) is 4.79 Å². The van der Waals surface area contributed by atoms with Crippen LogP contribution in [0.3, 0.4) is 0 Å². The smallest absolute Gasteiger partial charge is 0.226 e. The molecule has 3 unspecified atom stereocenters. The van der Waals surface area contributed by atoms with E-state index >= 15 is 0 Å². The number of hydrogen-bond donors (Lipinski definition) is 1. The van der Waals surface area contributed by atoms with Crippen LogP contribution in [-0.4, -0.2) is 36.0 Å². The van der Waals surface area contributed by atoms with Crippen LogP contribution >= 0.6 is 15.9 Å². The summed E-state index contributed by atoms with van der Waals surface area (Å²) in [4.78, 5) is 15.4. The van der Waals surface area contributed by atoms with Crippen LogP contribution in [0, 0.1) is 11.8 Å². The Hall–Kier alpha value is -0.870. The summed E-state index contributed by atoms with van der Waals surface area (Å²) in [5.74, 6) is 0.988. The van der Waals surface area contributed by atoms with Crippen molar-refractivity contribution in [3.63, 3.8) is 0 Å². The van der Waals surface area contributed by atoms with E-state index in [0.717, 1.165) is 36.8 Å². The first-order chi connectivity index (χ1) is 11.5. The lowest BCUT2D eigenvalue weighted by Crippen LogP contribution is -2.42. The molecule has 0 radical (unpaired) electrons. The number of fused-ring (bicyclic) bond motifs is 2. The molecule has 0 aliphatic carbocycles. The minimum Gasteiger partial charge on any atom is -0.341 e. The molecule has 0 aromatic heterocycles. The Bertz CT molecular complexity index is 575. The molecule has 3 nitrogen and oxygen atoms in total. The number of rotatable bonds is 5. The van der Waals surface area contributed by atoms with Crippen molar-refractivity contribution in [2.75, 3.05) is 13.1 Å². The number of benzene rings is 1. The van der Waals surface area contributed by atoms with Crippen LogP contribution in [0.25, 0.3) is 0 Å². The lowest BCUT2D eigenvalue weighted by molar-refractivity contribution is -0.136. The first-order valence-corrected chi connectivity index (χ1v) is 10.1. The first-order valence-electron chi connectivity index (χ1n) is 9.30. The molecule has 3 atom stereocenters. The summed E-state index contributed by atoms with van der Waals surface area (Å²) >= 11 is 3.55. The lowest BCUT2D eigenvalue weighted by Gasteiger charge is -2.29. The van der Waals surface area contributed by atoms with Crippen molar-refractivity contribution in [1.29, 1.82) is 0 Å². The fraction of sp³-hybridized carbons (Fsp3) is 0.650. The highest BCUT2D eigenvalue weighted by Gasteiger charge is 2.33. The van der Waals surface area contributed by atoms with Crippen LogP contribution in [0.2, 0.25) is 0 Å². The summed E-state index contributed by atoms with van der Waals surface area (Å²) in [7, 11) is 0. The molecule has 1 aromatic carbocycles. The SMILES string of the molecule is CC(C)CC(Cc1cccc(Br)c1)C(=O)N1CCC2CCC(C1)N2. The van der Waals surface area contributed by atoms with Crippen LogP contribution in [0.1, 0.15) is 45.1 Å². The summed E-state index contributed by atoms with van der Waals surface area (Å²) in [6.07, 6.45) is 5.40. The molecule has 1 amide bonds. The van der Waals surface area contributed by atoms with Gasteiger partial charge in [0.05, 0.1) is 0 Å². The zero-order valence-corrected chi connectivity index (χ0v) is 16.4. The molecule has 2 bridgehead atoms. The summed E-state index contributed by atoms with van der Waals surface area (Å²) in [6.45, 7) is 6.24. The van der Waals surface area contributed by atoms with E-state index in [2.05, 4.69) is 58.2 Å². The molecule has 0 saturated carbocycles. The van der Waals surface area contributed by atoms with Gasteiger partial charge in [-0.25, -0.2) is 0 Å². The van der Waals surface area contributed by atoms with Crippen molar-refractivity contribution in [3.8, 4) is 0 Å². The largest absolute Gasteiger partial charge is 0.341 e. The van der Waals surface area contributed by atoms with Gasteiger partial charge in [0.1, 0.15) is 0 Å². The molecule has 132 valence electrons. The van der Waals surface area contributed by atoms with Crippen LogP contribution in [-0.2, 0) is 11.2 Å². The van der Waals surface area contributed by atoms with E-state index in [-0.39, 0.29) is 5.92 Å². The third-order valence-corrected chi connectivity index (χ3v) is 5.80. The van der Waals surface area contributed by atoms with Gasteiger partial charge in [-0.1, -0.05) is 41.9 Å². The van der Waals surface area contributed by atoms with Gasteiger partial charge in [-0.05, 0) is 55.7 Å². The van der Waals surface area contributed by atoms with Gasteiger partial charge in [0.2, 0.25) is 5.91 Å². The van der Waals surface area contributed by atoms with Crippen molar-refractivity contribution in [2.45, 2.75) is 58.0 Å². The number of halogens is 1. The standard InChI is InChI=1S/C20H29BrN2O/c1-14(2)10-16(11-15-4-3-5-17(21)12-15)20(24)23-9-8-18-6-7-19(13-23)22-18/h3-5,12,14,16,18-19,22H,6-11,13H2,1-2H3. The van der Waals surface area contributed by atoms with Crippen molar-refractivity contribution in [3.05, 3.63) is 34.3 Å². The van der Waals surface area contributed by atoms with Gasteiger partial charge in [0, 0.05) is 35.6 Å². The highest BCUT2D eigenvalue weighted by molar-refractivity contribution is 9.10. The van der Waals surface area contributed by atoms with E-state index < -0.39 is 0 Å². The Labute approximate surface area is 154 Å². The van der Waals surface area contributed by atoms with Gasteiger partial charge in [-0.15, -0.1) is 0 Å². The van der Waals surface area contributed by atoms with Crippen molar-refractivity contribution >= 4 is 21.8 Å². The Morgan fingerprint density at radius 1 is 1.29 bits per heavy atom. The van der Waals surface area contributed by atoms with Gasteiger partial charge in [0.15, 0.2) is 0 Å². The lowest BCUT2D eigenvalue weighted by atomic mass is 9.89. The predicted octanol–water partition coefficient (Wildman–Crippen LogP) is 4.01. The van der Waals surface area contributed by atoms with Crippen molar-refractivity contribution < 1.29 is 4.79 Å². The van der Waals surface area contributed by atoms with E-state index in [1.807, 2.05) is 6.07 Å². The number of likely N-dealkylation sites (tertiary alicyclic amines) is 1. The predicted molar refractivity (Wildman–Crippen MR) is 102 cm³/mol. The number of carbonyl (C=O) groups is 1. The number of carbonyl (C=O) groups excluding carboxylic acids is 1. The van der Waals surface area contributed by atoms with E-state index in [1.54, 1.807) is 0 Å². The Kier molecular flexibility index (Phi) is 5.98. The quantitative estimate of drug-likeness (QED) is 0.820. The minimum atomic E-state index is 0.0935. The van der Waals surface area contributed by atoms with Crippen molar-refractivity contribution in [2.24, 2.45) is 11.8 Å². The van der Waals surface area contributed by atoms with Gasteiger partial charge < -0.3 is 10.2 Å². The molecule has 2 heterocycles. The van der Waals surface area contributed by atoms with Gasteiger partial charge in [-0.3, -0.25) is 4.79 Å². The topological polar surface area (TPSA) is 32.3 Å². The molecule has 0 spiro atoms. The molecule has 2 saturated heterocycles. The third kappa shape index (κ3) is 4.60. The monoisotopic (exact) mass is 392 g/mol. The Morgan fingerprint density at radius 3 is 2.83 bits per heavy atom. The number of nitrogens with zero attached hydrogens (tertiary/aromatic N) is 1. The summed E-state index contributed by atoms with van der Waals surface area (Å²) < 4.78 is 1.09. The molecule has 2 aliphatic rings. The second kappa shape index (κ2) is 8.01. The molecule has 2 aliphatic heterocycles. The molecule has 1 aromatic rings. The fourth-order valence-electron chi connectivity index (χ4n) is 4.19. The maximum absolute atomic E-state index is 13.2. The van der Waals surface area contributed by atoms with Gasteiger partial charge in [0.25, 0.3) is 0 Å². The summed E-state index contributed by atoms with van der Waals surface area (Å²) in [5.41, 5.74) is 1.25. The maximum atomic E-state index is 13.2. The van der Waals surface area contributed by atoms with Crippen LogP contribution in [0.5, 0.6) is 0 Å². The van der Waals surface area contributed by atoms with Crippen molar-refractivity contribution in [1.82, 2.24) is 10.2 Å². The van der Waals surface area contributed by atoms with Crippen LogP contribution in [0.15, 0.2) is 28.7 Å². The van der Waals surface area contributed by atoms with E-state index in [1.165, 1.54) is 18.4 Å².